The lowest BCUT2D eigenvalue weighted by Crippen LogP contribution is -2.63. The highest BCUT2D eigenvalue weighted by Gasteiger charge is 2.64. The monoisotopic (exact) mass is 615 g/mol. The molecule has 3 aliphatic rings. The van der Waals surface area contributed by atoms with Gasteiger partial charge in [-0.15, -0.1) is 0 Å². The Kier molecular flexibility index (Phi) is 9.79. The van der Waals surface area contributed by atoms with Crippen LogP contribution in [0.1, 0.15) is 51.7 Å². The molecule has 0 unspecified atom stereocenters. The summed E-state index contributed by atoms with van der Waals surface area (Å²) in [5.41, 5.74) is 6.29. The average Bonchev–Trinajstić information content (AvgIpc) is 3.66. The number of methoxy groups -OCH3 is 2. The van der Waals surface area contributed by atoms with Gasteiger partial charge < -0.3 is 39.4 Å². The van der Waals surface area contributed by atoms with Gasteiger partial charge in [0.2, 0.25) is 5.91 Å². The number of nitrogens with two attached hydrogens (primary N) is 1. The molecular formula is C32H45N3O9. The molecule has 12 heteroatoms. The number of carbonyl (C=O) groups is 3. The molecule has 2 amide bonds. The number of fused-ring (bicyclic) bond motifs is 5. The van der Waals surface area contributed by atoms with Crippen molar-refractivity contribution in [1.82, 2.24) is 5.32 Å². The first kappa shape index (κ1) is 33.4. The van der Waals surface area contributed by atoms with Gasteiger partial charge in [-0.05, 0) is 51.8 Å². The van der Waals surface area contributed by atoms with Crippen LogP contribution in [0.4, 0.5) is 10.5 Å². The maximum atomic E-state index is 13.8. The van der Waals surface area contributed by atoms with E-state index in [2.05, 4.69) is 5.32 Å². The van der Waals surface area contributed by atoms with Crippen molar-refractivity contribution in [2.24, 2.45) is 11.7 Å². The quantitative estimate of drug-likeness (QED) is 0.339. The lowest BCUT2D eigenvalue weighted by atomic mass is 9.83. The second-order valence-electron chi connectivity index (χ2n) is 12.3. The number of epoxide rings is 1. The molecule has 0 aromatic heterocycles. The molecule has 242 valence electrons. The molecule has 2 saturated heterocycles. The molecule has 0 aliphatic carbocycles. The van der Waals surface area contributed by atoms with Gasteiger partial charge in [0.1, 0.15) is 35.7 Å². The maximum absolute atomic E-state index is 13.8. The number of carbonyl (C=O) groups excluding carboxylic acids is 3. The third kappa shape index (κ3) is 6.78. The molecule has 4 bridgehead atoms. The molecule has 4 rings (SSSR count). The smallest absolute Gasteiger partial charge is 0.409 e. The van der Waals surface area contributed by atoms with Crippen molar-refractivity contribution < 1.29 is 43.2 Å². The number of anilines is 1. The van der Waals surface area contributed by atoms with E-state index in [1.54, 1.807) is 33.2 Å². The lowest BCUT2D eigenvalue weighted by Gasteiger charge is -2.42. The summed E-state index contributed by atoms with van der Waals surface area (Å²) < 4.78 is 28.8. The summed E-state index contributed by atoms with van der Waals surface area (Å²) in [4.78, 5) is 40.7. The Hall–Kier alpha value is -3.45. The zero-order valence-corrected chi connectivity index (χ0v) is 26.7. The summed E-state index contributed by atoms with van der Waals surface area (Å²) >= 11 is 0. The van der Waals surface area contributed by atoms with E-state index in [0.29, 0.717) is 17.9 Å². The minimum Gasteiger partial charge on any atom is -0.496 e. The van der Waals surface area contributed by atoms with Crippen LogP contribution < -0.4 is 20.7 Å². The van der Waals surface area contributed by atoms with Crippen molar-refractivity contribution in [1.29, 1.82) is 0 Å². The first-order valence-corrected chi connectivity index (χ1v) is 14.8. The fourth-order valence-electron chi connectivity index (χ4n) is 6.11. The Balaban J connectivity index is 1.80. The number of rotatable bonds is 4. The van der Waals surface area contributed by atoms with E-state index in [-0.39, 0.29) is 18.7 Å². The summed E-state index contributed by atoms with van der Waals surface area (Å²) in [6.45, 7) is 8.92. The molecule has 1 aromatic carbocycles. The Labute approximate surface area is 258 Å². The van der Waals surface area contributed by atoms with E-state index >= 15 is 0 Å². The largest absolute Gasteiger partial charge is 0.496 e. The predicted octanol–water partition coefficient (Wildman–Crippen LogP) is 2.67. The Morgan fingerprint density at radius 3 is 2.59 bits per heavy atom. The fraction of sp³-hybridized carbons (Fsp3) is 0.594. The minimum atomic E-state index is -1.77. The normalized spacial score (nSPS) is 35.3. The number of esters is 1. The highest BCUT2D eigenvalue weighted by atomic mass is 16.7. The second kappa shape index (κ2) is 12.9. The van der Waals surface area contributed by atoms with Crippen molar-refractivity contribution in [3.8, 4) is 5.75 Å². The van der Waals surface area contributed by atoms with Crippen LogP contribution in [-0.2, 0) is 35.0 Å². The number of nitrogens with zero attached hydrogens (tertiary/aromatic N) is 1. The van der Waals surface area contributed by atoms with Crippen molar-refractivity contribution >= 4 is 23.7 Å². The van der Waals surface area contributed by atoms with Crippen LogP contribution >= 0.6 is 0 Å². The number of nitrogens with one attached hydrogen (secondary N) is 1. The van der Waals surface area contributed by atoms with E-state index in [1.165, 1.54) is 18.9 Å². The number of amides is 2. The van der Waals surface area contributed by atoms with Crippen molar-refractivity contribution in [3.63, 3.8) is 0 Å². The molecule has 0 spiro atoms. The van der Waals surface area contributed by atoms with E-state index < -0.39 is 59.8 Å². The number of hydrogen-bond donors (Lipinski definition) is 3. The molecule has 0 radical (unpaired) electrons. The van der Waals surface area contributed by atoms with Crippen LogP contribution in [-0.4, -0.2) is 86.1 Å². The maximum Gasteiger partial charge on any atom is 0.409 e. The summed E-state index contributed by atoms with van der Waals surface area (Å²) in [6, 6.07) is 2.94. The van der Waals surface area contributed by atoms with Crippen LogP contribution in [0.5, 0.6) is 5.75 Å². The first-order chi connectivity index (χ1) is 20.6. The van der Waals surface area contributed by atoms with Gasteiger partial charge in [0.05, 0.1) is 25.3 Å². The van der Waals surface area contributed by atoms with Gasteiger partial charge in [0.15, 0.2) is 5.72 Å². The summed E-state index contributed by atoms with van der Waals surface area (Å²) in [5, 5.41) is 14.1. The van der Waals surface area contributed by atoms with E-state index in [4.69, 9.17) is 29.4 Å². The molecule has 44 heavy (non-hydrogen) atoms. The number of aliphatic hydroxyl groups is 1. The Bertz CT molecular complexity index is 1340. The lowest BCUT2D eigenvalue weighted by molar-refractivity contribution is -0.155. The molecule has 12 nitrogen and oxygen atoms in total. The van der Waals surface area contributed by atoms with Crippen molar-refractivity contribution in [3.05, 3.63) is 47.1 Å². The predicted molar refractivity (Wildman–Crippen MR) is 162 cm³/mol. The zero-order valence-electron chi connectivity index (χ0n) is 26.7. The Morgan fingerprint density at radius 2 is 1.95 bits per heavy atom. The molecule has 8 atom stereocenters. The SMILES string of the molecule is COc1cc2cc(c1C)N(C)C(=O)C[C@H](OC(=O)[C@H](C)N)[C@]1(C)O[C@@H]1[C@@H](C)[C@@H]1C[C@@](O)(NC(=O)O1)[C@H](OC)/C=C/C=C(\C)C2. The molecular weight excluding hydrogens is 570 g/mol. The number of allylic oxidation sites excluding steroid dienone is 3. The fourth-order valence-corrected chi connectivity index (χ4v) is 6.11. The highest BCUT2D eigenvalue weighted by molar-refractivity contribution is 5.94. The molecule has 2 fully saturated rings. The van der Waals surface area contributed by atoms with Gasteiger partial charge in [0, 0.05) is 32.1 Å². The molecule has 1 aromatic rings. The summed E-state index contributed by atoms with van der Waals surface area (Å²) in [5.74, 6) is -0.804. The summed E-state index contributed by atoms with van der Waals surface area (Å²) in [7, 11) is 4.70. The standard InChI is InChI=1S/C32H45N3O9/c1-17-10-9-11-25(41-8)32(39)16-24(42-30(38)34-32)19(3)28-31(5,44-28)26(43-29(37)20(4)33)15-27(36)35(6)22-13-21(12-17)14-23(40-7)18(22)2/h9-11,13-14,19-20,24-26,28,39H,12,15-16,33H2,1-8H3,(H,34,38)/b11-9+,17-10+/t19-,20-,24-,25+,26-,28+,31-,32-/m0/s1. The minimum absolute atomic E-state index is 0.00173. The number of ether oxygens (including phenoxy) is 5. The molecule has 3 heterocycles. The van der Waals surface area contributed by atoms with E-state index in [0.717, 1.165) is 16.7 Å². The van der Waals surface area contributed by atoms with Crippen LogP contribution in [0, 0.1) is 12.8 Å². The summed E-state index contributed by atoms with van der Waals surface area (Å²) in [6.07, 6.45) is 1.68. The molecule has 0 saturated carbocycles. The number of benzene rings is 1. The van der Waals surface area contributed by atoms with Crippen LogP contribution in [0.15, 0.2) is 35.9 Å². The zero-order chi connectivity index (χ0) is 32.6. The van der Waals surface area contributed by atoms with Crippen LogP contribution in [0.25, 0.3) is 0 Å². The third-order valence-corrected chi connectivity index (χ3v) is 8.89. The second-order valence-corrected chi connectivity index (χ2v) is 12.3. The Morgan fingerprint density at radius 1 is 1.25 bits per heavy atom. The third-order valence-electron chi connectivity index (χ3n) is 8.89. The van der Waals surface area contributed by atoms with Gasteiger partial charge in [0.25, 0.3) is 0 Å². The van der Waals surface area contributed by atoms with E-state index in [9.17, 15) is 19.5 Å². The number of hydrogen-bond acceptors (Lipinski definition) is 10. The van der Waals surface area contributed by atoms with Crippen LogP contribution in [0.3, 0.4) is 0 Å². The van der Waals surface area contributed by atoms with Gasteiger partial charge in [-0.1, -0.05) is 30.7 Å². The average molecular weight is 616 g/mol. The van der Waals surface area contributed by atoms with Crippen LogP contribution in [0.2, 0.25) is 0 Å². The topological polar surface area (TPSA) is 162 Å². The van der Waals surface area contributed by atoms with Gasteiger partial charge in [-0.3, -0.25) is 14.9 Å². The van der Waals surface area contributed by atoms with E-state index in [1.807, 2.05) is 39.0 Å². The molecule has 3 aliphatic heterocycles. The van der Waals surface area contributed by atoms with Gasteiger partial charge >= 0.3 is 12.1 Å². The van der Waals surface area contributed by atoms with Gasteiger partial charge in [-0.25, -0.2) is 4.79 Å². The van der Waals surface area contributed by atoms with Crippen molar-refractivity contribution in [2.75, 3.05) is 26.2 Å². The highest BCUT2D eigenvalue weighted by Crippen LogP contribution is 2.49. The molecule has 4 N–H and O–H groups in total. The number of alkyl carbamates (subject to hydrolysis) is 1. The van der Waals surface area contributed by atoms with Crippen molar-refractivity contribution in [2.45, 2.75) is 95.7 Å². The van der Waals surface area contributed by atoms with Gasteiger partial charge in [-0.2, -0.15) is 0 Å². The first-order valence-electron chi connectivity index (χ1n) is 14.8.